The Labute approximate surface area is 125 Å². The van der Waals surface area contributed by atoms with E-state index >= 15 is 0 Å². The Balaban J connectivity index is 1.43. The normalized spacial score (nSPS) is 14.7. The largest absolute Gasteiger partial charge is 0.289 e. The van der Waals surface area contributed by atoms with E-state index in [0.717, 1.165) is 16.9 Å². The second kappa shape index (κ2) is 4.88. The van der Waals surface area contributed by atoms with Gasteiger partial charge in [0.15, 0.2) is 5.78 Å². The molecule has 106 valence electrons. The number of anilines is 2. The Morgan fingerprint density at radius 2 is 1.27 bits per heavy atom. The van der Waals surface area contributed by atoms with Crippen molar-refractivity contribution in [1.82, 2.24) is 0 Å². The lowest BCUT2D eigenvalue weighted by Gasteiger charge is -2.00. The predicted molar refractivity (Wildman–Crippen MR) is 80.9 cm³/mol. The summed E-state index contributed by atoms with van der Waals surface area (Å²) in [5.74, 6) is -0.0498. The minimum absolute atomic E-state index is 0.0498. The number of carbonyl (C=O) groups excluding carboxylic acids is 1. The Bertz CT molecular complexity index is 795. The van der Waals surface area contributed by atoms with Crippen molar-refractivity contribution in [2.45, 2.75) is 0 Å². The molecular weight excluding hydrogens is 280 g/mol. The van der Waals surface area contributed by atoms with Crippen LogP contribution in [0.15, 0.2) is 75.5 Å². The number of carbonyl (C=O) groups is 1. The lowest BCUT2D eigenvalue weighted by atomic mass is 10.1. The van der Waals surface area contributed by atoms with Crippen LogP contribution in [0.2, 0.25) is 0 Å². The maximum Gasteiger partial charge on any atom is 0.185 e. The first kappa shape index (κ1) is 12.4. The standard InChI is InChI=1S/C15H10N6O/c22-15(12-4-8-14(9-5-12)21-18-19-21)10-3-11-1-6-13(7-2-11)20-16-17-20/h1-10H. The molecule has 0 spiro atoms. The third kappa shape index (κ3) is 2.59. The van der Waals surface area contributed by atoms with E-state index in [-0.39, 0.29) is 5.78 Å². The van der Waals surface area contributed by atoms with E-state index < -0.39 is 0 Å². The summed E-state index contributed by atoms with van der Waals surface area (Å²) in [6.07, 6.45) is 3.34. The van der Waals surface area contributed by atoms with Gasteiger partial charge in [-0.25, -0.2) is 0 Å². The van der Waals surface area contributed by atoms with Gasteiger partial charge in [-0.1, -0.05) is 18.2 Å². The molecule has 2 heterocycles. The first-order valence-corrected chi connectivity index (χ1v) is 6.65. The van der Waals surface area contributed by atoms with Crippen LogP contribution in [0.5, 0.6) is 0 Å². The molecule has 0 unspecified atom stereocenters. The molecule has 0 aliphatic carbocycles. The van der Waals surface area contributed by atoms with Crippen molar-refractivity contribution in [3.8, 4) is 0 Å². The molecule has 0 fully saturated rings. The van der Waals surface area contributed by atoms with Crippen molar-refractivity contribution in [3.05, 3.63) is 65.7 Å². The van der Waals surface area contributed by atoms with Gasteiger partial charge in [-0.05, 0) is 68.9 Å². The molecule has 2 aliphatic heterocycles. The highest BCUT2D eigenvalue weighted by atomic mass is 16.1. The molecular formula is C15H10N6O. The van der Waals surface area contributed by atoms with Gasteiger partial charge in [-0.2, -0.15) is 0 Å². The van der Waals surface area contributed by atoms with Crippen LogP contribution in [0, 0.1) is 0 Å². The third-order valence-electron chi connectivity index (χ3n) is 3.29. The molecule has 2 aromatic carbocycles. The van der Waals surface area contributed by atoms with Crippen molar-refractivity contribution in [2.24, 2.45) is 20.9 Å². The summed E-state index contributed by atoms with van der Waals surface area (Å²) in [6, 6.07) is 14.8. The number of ketones is 1. The second-order valence-electron chi connectivity index (χ2n) is 4.77. The summed E-state index contributed by atoms with van der Waals surface area (Å²) < 4.78 is 0. The number of allylic oxidation sites excluding steroid dienone is 1. The zero-order valence-electron chi connectivity index (χ0n) is 11.4. The van der Waals surface area contributed by atoms with Gasteiger partial charge in [-0.3, -0.25) is 4.79 Å². The summed E-state index contributed by atoms with van der Waals surface area (Å²) in [5, 5.41) is 17.8. The molecule has 2 aromatic rings. The van der Waals surface area contributed by atoms with Crippen molar-refractivity contribution in [1.29, 1.82) is 0 Å². The number of hydrogen-bond donors (Lipinski definition) is 0. The van der Waals surface area contributed by atoms with Gasteiger partial charge >= 0.3 is 0 Å². The zero-order valence-corrected chi connectivity index (χ0v) is 11.4. The molecule has 0 bridgehead atoms. The van der Waals surface area contributed by atoms with Gasteiger partial charge in [-0.15, -0.1) is 10.2 Å². The predicted octanol–water partition coefficient (Wildman–Crippen LogP) is 3.79. The maximum atomic E-state index is 12.1. The van der Waals surface area contributed by atoms with Crippen LogP contribution in [-0.4, -0.2) is 5.78 Å². The minimum Gasteiger partial charge on any atom is -0.289 e. The Morgan fingerprint density at radius 3 is 1.77 bits per heavy atom. The second-order valence-corrected chi connectivity index (χ2v) is 4.77. The molecule has 0 radical (unpaired) electrons. The Kier molecular flexibility index (Phi) is 2.75. The molecule has 0 N–H and O–H groups in total. The van der Waals surface area contributed by atoms with Crippen LogP contribution in [0.4, 0.5) is 11.4 Å². The van der Waals surface area contributed by atoms with Crippen molar-refractivity contribution < 1.29 is 4.79 Å². The van der Waals surface area contributed by atoms with Crippen molar-refractivity contribution in [3.63, 3.8) is 0 Å². The molecule has 7 nitrogen and oxygen atoms in total. The Hall–Kier alpha value is -3.35. The summed E-state index contributed by atoms with van der Waals surface area (Å²) >= 11 is 0. The molecule has 4 rings (SSSR count). The van der Waals surface area contributed by atoms with Crippen molar-refractivity contribution in [2.75, 3.05) is 10.2 Å². The molecule has 7 heteroatoms. The quantitative estimate of drug-likeness (QED) is 0.621. The van der Waals surface area contributed by atoms with Crippen LogP contribution in [0.3, 0.4) is 0 Å². The SMILES string of the molecule is O=C(C=Cc1ccc(N2N=N2)cc1)c1ccc(N2N=N2)cc1. The number of hydrogen-bond acceptors (Lipinski definition) is 7. The van der Waals surface area contributed by atoms with E-state index in [1.54, 1.807) is 24.3 Å². The number of benzene rings is 2. The van der Waals surface area contributed by atoms with Gasteiger partial charge in [0.1, 0.15) is 0 Å². The summed E-state index contributed by atoms with van der Waals surface area (Å²) in [7, 11) is 0. The van der Waals surface area contributed by atoms with E-state index in [1.807, 2.05) is 36.4 Å². The maximum absolute atomic E-state index is 12.1. The number of nitrogens with zero attached hydrogens (tertiary/aromatic N) is 6. The molecule has 0 amide bonds. The third-order valence-corrected chi connectivity index (χ3v) is 3.29. The van der Waals surface area contributed by atoms with Gasteiger partial charge in [0.2, 0.25) is 0 Å². The summed E-state index contributed by atoms with van der Waals surface area (Å²) in [4.78, 5) is 12.1. The van der Waals surface area contributed by atoms with Crippen LogP contribution in [0.25, 0.3) is 6.08 Å². The molecule has 0 saturated carbocycles. The van der Waals surface area contributed by atoms with E-state index in [2.05, 4.69) is 20.9 Å². The number of rotatable bonds is 5. The fraction of sp³-hybridized carbons (Fsp3) is 0. The van der Waals surface area contributed by atoms with Crippen LogP contribution in [0.1, 0.15) is 15.9 Å². The molecule has 0 aromatic heterocycles. The minimum atomic E-state index is -0.0498. The molecule has 0 atom stereocenters. The molecule has 0 saturated heterocycles. The van der Waals surface area contributed by atoms with E-state index in [1.165, 1.54) is 10.2 Å². The van der Waals surface area contributed by atoms with E-state index in [4.69, 9.17) is 0 Å². The van der Waals surface area contributed by atoms with E-state index in [0.29, 0.717) is 5.56 Å². The van der Waals surface area contributed by atoms with Gasteiger partial charge < -0.3 is 0 Å². The molecule has 2 aliphatic rings. The summed E-state index contributed by atoms with van der Waals surface area (Å²) in [5.41, 5.74) is 3.32. The highest BCUT2D eigenvalue weighted by Crippen LogP contribution is 2.24. The Morgan fingerprint density at radius 1 is 0.773 bits per heavy atom. The van der Waals surface area contributed by atoms with Crippen LogP contribution < -0.4 is 10.2 Å². The molecule has 22 heavy (non-hydrogen) atoms. The van der Waals surface area contributed by atoms with Crippen LogP contribution in [-0.2, 0) is 0 Å². The average molecular weight is 290 g/mol. The average Bonchev–Trinajstić information content (AvgIpc) is 3.45. The van der Waals surface area contributed by atoms with Gasteiger partial charge in [0.05, 0.1) is 11.4 Å². The monoisotopic (exact) mass is 290 g/mol. The first-order valence-electron chi connectivity index (χ1n) is 6.65. The topological polar surface area (TPSA) is 72.5 Å². The fourth-order valence-electron chi connectivity index (χ4n) is 1.99. The fourth-order valence-corrected chi connectivity index (χ4v) is 1.99. The van der Waals surface area contributed by atoms with Crippen LogP contribution >= 0.6 is 0 Å². The smallest absolute Gasteiger partial charge is 0.185 e. The first-order chi connectivity index (χ1) is 10.8. The van der Waals surface area contributed by atoms with E-state index in [9.17, 15) is 4.79 Å². The van der Waals surface area contributed by atoms with Crippen molar-refractivity contribution >= 4 is 23.2 Å². The highest BCUT2D eigenvalue weighted by molar-refractivity contribution is 6.07. The van der Waals surface area contributed by atoms with Gasteiger partial charge in [0, 0.05) is 5.56 Å². The summed E-state index contributed by atoms with van der Waals surface area (Å²) in [6.45, 7) is 0. The van der Waals surface area contributed by atoms with Gasteiger partial charge in [0.25, 0.3) is 0 Å². The lowest BCUT2D eigenvalue weighted by Crippen LogP contribution is -1.95. The lowest BCUT2D eigenvalue weighted by molar-refractivity contribution is 0.104. The highest BCUT2D eigenvalue weighted by Gasteiger charge is 2.14. The zero-order chi connectivity index (χ0) is 14.9.